The summed E-state index contributed by atoms with van der Waals surface area (Å²) in [6, 6.07) is 1.71. The van der Waals surface area contributed by atoms with Gasteiger partial charge in [-0.05, 0) is 6.07 Å². The van der Waals surface area contributed by atoms with Crippen LogP contribution in [0.2, 0.25) is 0 Å². The van der Waals surface area contributed by atoms with Crippen molar-refractivity contribution in [3.05, 3.63) is 23.8 Å². The van der Waals surface area contributed by atoms with Gasteiger partial charge in [-0.15, -0.1) is 0 Å². The predicted molar refractivity (Wildman–Crippen MR) is 48.7 cm³/mol. The summed E-state index contributed by atoms with van der Waals surface area (Å²) in [7, 11) is 0. The first-order valence-electron chi connectivity index (χ1n) is 4.15. The molecule has 1 atom stereocenters. The van der Waals surface area contributed by atoms with Crippen molar-refractivity contribution in [1.29, 1.82) is 0 Å². The van der Waals surface area contributed by atoms with Crippen LogP contribution in [0.3, 0.4) is 0 Å². The van der Waals surface area contributed by atoms with Gasteiger partial charge in [0.25, 0.3) is 5.92 Å². The molecule has 0 amide bonds. The predicted octanol–water partition coefficient (Wildman–Crippen LogP) is 0.725. The Kier molecular flexibility index (Phi) is 3.11. The molecule has 0 radical (unpaired) electrons. The third kappa shape index (κ3) is 2.16. The third-order valence-electron chi connectivity index (χ3n) is 2.05. The summed E-state index contributed by atoms with van der Waals surface area (Å²) >= 11 is 0. The van der Waals surface area contributed by atoms with Crippen molar-refractivity contribution in [2.75, 3.05) is 6.61 Å². The summed E-state index contributed by atoms with van der Waals surface area (Å²) in [5.74, 6) is -4.78. The summed E-state index contributed by atoms with van der Waals surface area (Å²) < 4.78 is 26.0. The van der Waals surface area contributed by atoms with E-state index in [1.807, 2.05) is 0 Å². The van der Waals surface area contributed by atoms with Crippen molar-refractivity contribution in [2.45, 2.75) is 12.0 Å². The quantitative estimate of drug-likeness (QED) is 0.564. The number of alkyl halides is 2. The molecule has 0 saturated heterocycles. The summed E-state index contributed by atoms with van der Waals surface area (Å²) in [6.45, 7) is -1.43. The van der Waals surface area contributed by atoms with Gasteiger partial charge in [0.15, 0.2) is 11.5 Å². The zero-order valence-electron chi connectivity index (χ0n) is 7.69. The molecule has 1 aromatic rings. The number of phenolic OH excluding ortho intramolecular Hbond substituents is 2. The summed E-state index contributed by atoms with van der Waals surface area (Å²) in [6.07, 6.45) is 0. The Morgan fingerprint density at radius 3 is 2.47 bits per heavy atom. The van der Waals surface area contributed by atoms with E-state index in [9.17, 15) is 13.9 Å². The Morgan fingerprint density at radius 2 is 1.93 bits per heavy atom. The van der Waals surface area contributed by atoms with Gasteiger partial charge in [-0.25, -0.2) is 8.78 Å². The van der Waals surface area contributed by atoms with Crippen molar-refractivity contribution >= 4 is 0 Å². The average Bonchev–Trinajstić information content (AvgIpc) is 2.21. The van der Waals surface area contributed by atoms with Crippen molar-refractivity contribution in [2.24, 2.45) is 5.73 Å². The van der Waals surface area contributed by atoms with Gasteiger partial charge in [-0.2, -0.15) is 0 Å². The van der Waals surface area contributed by atoms with E-state index in [4.69, 9.17) is 15.9 Å². The number of aliphatic hydroxyl groups is 1. The second-order valence-electron chi connectivity index (χ2n) is 3.11. The molecule has 84 valence electrons. The largest absolute Gasteiger partial charge is 0.504 e. The van der Waals surface area contributed by atoms with Crippen LogP contribution in [0.25, 0.3) is 0 Å². The van der Waals surface area contributed by atoms with Gasteiger partial charge in [-0.1, -0.05) is 12.1 Å². The summed E-state index contributed by atoms with van der Waals surface area (Å²) in [5, 5.41) is 26.8. The van der Waals surface area contributed by atoms with E-state index in [-0.39, 0.29) is 5.56 Å². The molecule has 15 heavy (non-hydrogen) atoms. The number of aliphatic hydroxyl groups excluding tert-OH is 1. The zero-order chi connectivity index (χ0) is 11.6. The fraction of sp³-hybridized carbons (Fsp3) is 0.333. The third-order valence-corrected chi connectivity index (χ3v) is 2.05. The Balaban J connectivity index is 3.12. The van der Waals surface area contributed by atoms with Crippen molar-refractivity contribution in [3.8, 4) is 11.5 Å². The SMILES string of the molecule is N[C@H](c1cccc(O)c1O)C(F)(F)CO. The molecule has 0 saturated carbocycles. The second kappa shape index (κ2) is 4.00. The van der Waals surface area contributed by atoms with E-state index < -0.39 is 30.1 Å². The molecular weight excluding hydrogens is 208 g/mol. The molecular formula is C9H11F2NO3. The van der Waals surface area contributed by atoms with Crippen LogP contribution >= 0.6 is 0 Å². The van der Waals surface area contributed by atoms with Gasteiger partial charge < -0.3 is 21.1 Å². The van der Waals surface area contributed by atoms with Gasteiger partial charge >= 0.3 is 0 Å². The minimum absolute atomic E-state index is 0.311. The maximum absolute atomic E-state index is 13.0. The minimum atomic E-state index is -3.55. The second-order valence-corrected chi connectivity index (χ2v) is 3.11. The van der Waals surface area contributed by atoms with E-state index >= 15 is 0 Å². The zero-order valence-corrected chi connectivity index (χ0v) is 7.69. The van der Waals surface area contributed by atoms with Gasteiger partial charge in [-0.3, -0.25) is 0 Å². The lowest BCUT2D eigenvalue weighted by molar-refractivity contribution is -0.0716. The van der Waals surface area contributed by atoms with E-state index in [2.05, 4.69) is 0 Å². The Morgan fingerprint density at radius 1 is 1.33 bits per heavy atom. The lowest BCUT2D eigenvalue weighted by Gasteiger charge is -2.22. The molecule has 0 heterocycles. The van der Waals surface area contributed by atoms with Crippen LogP contribution in [0.1, 0.15) is 11.6 Å². The Labute approximate surface area is 84.6 Å². The minimum Gasteiger partial charge on any atom is -0.504 e. The molecule has 0 aliphatic rings. The smallest absolute Gasteiger partial charge is 0.289 e. The molecule has 0 aliphatic carbocycles. The van der Waals surface area contributed by atoms with Crippen LogP contribution in [0.15, 0.2) is 18.2 Å². The number of benzene rings is 1. The highest BCUT2D eigenvalue weighted by Crippen LogP contribution is 2.37. The highest BCUT2D eigenvalue weighted by atomic mass is 19.3. The first-order chi connectivity index (χ1) is 6.90. The van der Waals surface area contributed by atoms with Crippen LogP contribution in [0, 0.1) is 0 Å². The molecule has 0 bridgehead atoms. The Hall–Kier alpha value is -1.40. The van der Waals surface area contributed by atoms with Gasteiger partial charge in [0, 0.05) is 5.56 Å². The fourth-order valence-corrected chi connectivity index (χ4v) is 1.13. The van der Waals surface area contributed by atoms with Crippen LogP contribution in [0.4, 0.5) is 8.78 Å². The highest BCUT2D eigenvalue weighted by molar-refractivity contribution is 5.46. The van der Waals surface area contributed by atoms with Crippen molar-refractivity contribution in [3.63, 3.8) is 0 Å². The molecule has 0 aromatic heterocycles. The van der Waals surface area contributed by atoms with Gasteiger partial charge in [0.2, 0.25) is 0 Å². The molecule has 0 unspecified atom stereocenters. The number of aromatic hydroxyl groups is 2. The molecule has 1 rings (SSSR count). The number of nitrogens with two attached hydrogens (primary N) is 1. The van der Waals surface area contributed by atoms with Crippen LogP contribution < -0.4 is 5.73 Å². The molecule has 0 fully saturated rings. The van der Waals surface area contributed by atoms with Crippen LogP contribution in [-0.2, 0) is 0 Å². The van der Waals surface area contributed by atoms with E-state index in [0.717, 1.165) is 12.1 Å². The molecule has 1 aromatic carbocycles. The number of para-hydroxylation sites is 1. The monoisotopic (exact) mass is 219 g/mol. The lowest BCUT2D eigenvalue weighted by atomic mass is 10.0. The standard InChI is InChI=1S/C9H11F2NO3/c10-9(11,4-13)8(12)5-2-1-3-6(14)7(5)15/h1-3,8,13-15H,4,12H2/t8-/m1/s1. The Bertz CT molecular complexity index is 357. The lowest BCUT2D eigenvalue weighted by Crippen LogP contribution is -2.36. The average molecular weight is 219 g/mol. The number of phenols is 2. The maximum atomic E-state index is 13.0. The summed E-state index contributed by atoms with van der Waals surface area (Å²) in [5.41, 5.74) is 4.86. The fourth-order valence-electron chi connectivity index (χ4n) is 1.13. The van der Waals surface area contributed by atoms with E-state index in [0.29, 0.717) is 0 Å². The number of hydrogen-bond donors (Lipinski definition) is 4. The molecule has 4 nitrogen and oxygen atoms in total. The molecule has 5 N–H and O–H groups in total. The summed E-state index contributed by atoms with van der Waals surface area (Å²) in [4.78, 5) is 0. The number of rotatable bonds is 3. The maximum Gasteiger partial charge on any atom is 0.289 e. The topological polar surface area (TPSA) is 86.7 Å². The number of halogens is 2. The van der Waals surface area contributed by atoms with Crippen molar-refractivity contribution in [1.82, 2.24) is 0 Å². The van der Waals surface area contributed by atoms with Crippen LogP contribution in [-0.4, -0.2) is 27.8 Å². The van der Waals surface area contributed by atoms with Gasteiger partial charge in [0.1, 0.15) is 12.6 Å². The first kappa shape index (κ1) is 11.7. The number of hydrogen-bond acceptors (Lipinski definition) is 4. The van der Waals surface area contributed by atoms with Gasteiger partial charge in [0.05, 0.1) is 0 Å². The molecule has 6 heteroatoms. The first-order valence-corrected chi connectivity index (χ1v) is 4.15. The highest BCUT2D eigenvalue weighted by Gasteiger charge is 2.38. The molecule has 0 spiro atoms. The normalized spacial score (nSPS) is 13.9. The molecule has 0 aliphatic heterocycles. The van der Waals surface area contributed by atoms with Crippen molar-refractivity contribution < 1.29 is 24.1 Å². The van der Waals surface area contributed by atoms with E-state index in [1.54, 1.807) is 0 Å². The van der Waals surface area contributed by atoms with E-state index in [1.165, 1.54) is 6.07 Å². The van der Waals surface area contributed by atoms with Crippen LogP contribution in [0.5, 0.6) is 11.5 Å².